The van der Waals surface area contributed by atoms with Crippen molar-refractivity contribution >= 4 is 60.4 Å². The summed E-state index contributed by atoms with van der Waals surface area (Å²) in [4.78, 5) is 2.45. The Bertz CT molecular complexity index is 3220. The summed E-state index contributed by atoms with van der Waals surface area (Å²) in [5, 5.41) is 7.41. The third kappa shape index (κ3) is 5.74. The Morgan fingerprint density at radius 3 is 1.67 bits per heavy atom. The van der Waals surface area contributed by atoms with E-state index in [2.05, 4.69) is 240 Å². The van der Waals surface area contributed by atoms with Crippen molar-refractivity contribution in [1.82, 2.24) is 4.57 Å². The minimum Gasteiger partial charge on any atom is -0.310 e. The van der Waals surface area contributed by atoms with Crippen molar-refractivity contribution in [2.24, 2.45) is 0 Å². The number of nitrogens with zero attached hydrogens (tertiary/aromatic N) is 2. The highest BCUT2D eigenvalue weighted by molar-refractivity contribution is 6.10. The molecule has 0 N–H and O–H groups in total. The molecule has 0 saturated heterocycles. The molecule has 0 spiro atoms. The monoisotopic (exact) mass is 738 g/mol. The second kappa shape index (κ2) is 14.1. The molecule has 0 fully saturated rings. The molecule has 0 amide bonds. The number of anilines is 3. The molecule has 2 nitrogen and oxygen atoms in total. The van der Waals surface area contributed by atoms with Crippen LogP contribution in [-0.4, -0.2) is 4.57 Å². The van der Waals surface area contributed by atoms with Gasteiger partial charge in [-0.15, -0.1) is 0 Å². The van der Waals surface area contributed by atoms with Gasteiger partial charge >= 0.3 is 0 Å². The van der Waals surface area contributed by atoms with Crippen molar-refractivity contribution in [3.63, 3.8) is 0 Å². The second-order valence-electron chi connectivity index (χ2n) is 14.9. The van der Waals surface area contributed by atoms with Crippen molar-refractivity contribution in [3.05, 3.63) is 231 Å². The lowest BCUT2D eigenvalue weighted by Gasteiger charge is -2.30. The van der Waals surface area contributed by atoms with Crippen LogP contribution in [0.15, 0.2) is 231 Å². The quantitative estimate of drug-likeness (QED) is 0.158. The van der Waals surface area contributed by atoms with Gasteiger partial charge in [0, 0.05) is 33.4 Å². The summed E-state index contributed by atoms with van der Waals surface area (Å²) in [6.07, 6.45) is 0. The van der Waals surface area contributed by atoms with Crippen LogP contribution in [0.4, 0.5) is 17.1 Å². The Morgan fingerprint density at radius 2 is 0.897 bits per heavy atom. The molecule has 0 radical (unpaired) electrons. The Kier molecular flexibility index (Phi) is 8.19. The smallest absolute Gasteiger partial charge is 0.0546 e. The van der Waals surface area contributed by atoms with Crippen molar-refractivity contribution in [2.75, 3.05) is 4.90 Å². The topological polar surface area (TPSA) is 8.17 Å². The fourth-order valence-electron chi connectivity index (χ4n) is 8.88. The number of rotatable bonds is 7. The minimum absolute atomic E-state index is 1.08. The van der Waals surface area contributed by atoms with E-state index < -0.39 is 0 Å². The van der Waals surface area contributed by atoms with Gasteiger partial charge in [-0.1, -0.05) is 170 Å². The SMILES string of the molecule is c1ccc(-c2cccc(N(c3ccc(-n4c5ccccc5c5ccccc54)cc3)c3cccc(-c4ccc5ccccc5c4)c3-c3cccc4ccccc34)c2)cc1. The van der Waals surface area contributed by atoms with E-state index in [1.807, 2.05) is 0 Å². The predicted molar refractivity (Wildman–Crippen MR) is 247 cm³/mol. The summed E-state index contributed by atoms with van der Waals surface area (Å²) >= 11 is 0. The van der Waals surface area contributed by atoms with Crippen molar-refractivity contribution in [3.8, 4) is 39.1 Å². The number of hydrogen-bond acceptors (Lipinski definition) is 1. The zero-order valence-electron chi connectivity index (χ0n) is 31.8. The molecule has 11 rings (SSSR count). The van der Waals surface area contributed by atoms with Crippen molar-refractivity contribution in [1.29, 1.82) is 0 Å². The van der Waals surface area contributed by atoms with Crippen LogP contribution in [-0.2, 0) is 0 Å². The standard InChI is InChI=1S/C56H38N2/c1-2-15-39(16-3-1)43-21-12-22-47(38-43)57(45-33-35-46(36-34-45)58-53-28-10-8-24-50(53)51-25-9-11-29-54(51)58)55-30-14-26-49(44-32-31-40-17-4-5-19-42(40)37-44)56(55)52-27-13-20-41-18-6-7-23-48(41)52/h1-38H. The Hall–Kier alpha value is -7.68. The van der Waals surface area contributed by atoms with Crippen LogP contribution < -0.4 is 4.90 Å². The maximum absolute atomic E-state index is 2.45. The van der Waals surface area contributed by atoms with E-state index in [1.165, 1.54) is 76.7 Å². The molecule has 0 aliphatic heterocycles. The molecule has 0 aliphatic carbocycles. The zero-order chi connectivity index (χ0) is 38.4. The van der Waals surface area contributed by atoms with Gasteiger partial charge in [-0.2, -0.15) is 0 Å². The fourth-order valence-corrected chi connectivity index (χ4v) is 8.88. The predicted octanol–water partition coefficient (Wildman–Crippen LogP) is 15.6. The fraction of sp³-hybridized carbons (Fsp3) is 0. The molecule has 272 valence electrons. The maximum Gasteiger partial charge on any atom is 0.0546 e. The van der Waals surface area contributed by atoms with E-state index in [4.69, 9.17) is 0 Å². The summed E-state index contributed by atoms with van der Waals surface area (Å²) in [6, 6.07) is 83.9. The Morgan fingerprint density at radius 1 is 0.310 bits per heavy atom. The highest BCUT2D eigenvalue weighted by Gasteiger charge is 2.23. The molecular formula is C56H38N2. The summed E-state index contributed by atoms with van der Waals surface area (Å²) < 4.78 is 2.39. The highest BCUT2D eigenvalue weighted by atomic mass is 15.1. The Labute approximate surface area is 338 Å². The van der Waals surface area contributed by atoms with Gasteiger partial charge in [0.25, 0.3) is 0 Å². The van der Waals surface area contributed by atoms with Crippen LogP contribution in [0.3, 0.4) is 0 Å². The average Bonchev–Trinajstić information content (AvgIpc) is 3.64. The molecule has 1 heterocycles. The van der Waals surface area contributed by atoms with Gasteiger partial charge in [-0.05, 0) is 110 Å². The molecule has 2 heteroatoms. The lowest BCUT2D eigenvalue weighted by molar-refractivity contribution is 1.17. The molecule has 10 aromatic carbocycles. The third-order valence-corrected chi connectivity index (χ3v) is 11.6. The number of benzene rings is 10. The van der Waals surface area contributed by atoms with Crippen molar-refractivity contribution < 1.29 is 0 Å². The number of para-hydroxylation sites is 2. The van der Waals surface area contributed by atoms with Crippen LogP contribution >= 0.6 is 0 Å². The number of hydrogen-bond donors (Lipinski definition) is 0. The van der Waals surface area contributed by atoms with E-state index in [9.17, 15) is 0 Å². The van der Waals surface area contributed by atoms with Crippen molar-refractivity contribution in [2.45, 2.75) is 0 Å². The van der Waals surface area contributed by atoms with Gasteiger partial charge in [0.2, 0.25) is 0 Å². The Balaban J connectivity index is 1.17. The first-order chi connectivity index (χ1) is 28.8. The molecule has 0 bridgehead atoms. The van der Waals surface area contributed by atoms with Crippen LogP contribution in [0, 0.1) is 0 Å². The van der Waals surface area contributed by atoms with E-state index >= 15 is 0 Å². The minimum atomic E-state index is 1.08. The number of aromatic nitrogens is 1. The summed E-state index contributed by atoms with van der Waals surface area (Å²) in [7, 11) is 0. The first-order valence-electron chi connectivity index (χ1n) is 19.9. The molecule has 0 aliphatic rings. The molecule has 1 aromatic heterocycles. The third-order valence-electron chi connectivity index (χ3n) is 11.6. The van der Waals surface area contributed by atoms with Gasteiger partial charge in [0.05, 0.1) is 16.7 Å². The first-order valence-corrected chi connectivity index (χ1v) is 19.9. The molecule has 0 saturated carbocycles. The number of fused-ring (bicyclic) bond motifs is 5. The average molecular weight is 739 g/mol. The van der Waals surface area contributed by atoms with Crippen LogP contribution in [0.5, 0.6) is 0 Å². The maximum atomic E-state index is 2.45. The van der Waals surface area contributed by atoms with E-state index in [0.717, 1.165) is 22.7 Å². The second-order valence-corrected chi connectivity index (χ2v) is 14.9. The van der Waals surface area contributed by atoms with Crippen LogP contribution in [0.25, 0.3) is 82.4 Å². The lowest BCUT2D eigenvalue weighted by atomic mass is 9.88. The van der Waals surface area contributed by atoms with Gasteiger partial charge in [-0.25, -0.2) is 0 Å². The molecule has 0 unspecified atom stereocenters. The zero-order valence-corrected chi connectivity index (χ0v) is 31.8. The van der Waals surface area contributed by atoms with Gasteiger partial charge < -0.3 is 9.47 Å². The highest BCUT2D eigenvalue weighted by Crippen LogP contribution is 2.48. The molecular weight excluding hydrogens is 701 g/mol. The summed E-state index contributed by atoms with van der Waals surface area (Å²) in [5.74, 6) is 0. The van der Waals surface area contributed by atoms with Gasteiger partial charge in [0.1, 0.15) is 0 Å². The van der Waals surface area contributed by atoms with E-state index in [0.29, 0.717) is 0 Å². The van der Waals surface area contributed by atoms with Crippen LogP contribution in [0.1, 0.15) is 0 Å². The lowest BCUT2D eigenvalue weighted by Crippen LogP contribution is -2.12. The van der Waals surface area contributed by atoms with E-state index in [1.54, 1.807) is 0 Å². The van der Waals surface area contributed by atoms with Gasteiger partial charge in [0.15, 0.2) is 0 Å². The van der Waals surface area contributed by atoms with Gasteiger partial charge in [-0.3, -0.25) is 0 Å². The summed E-state index contributed by atoms with van der Waals surface area (Å²) in [5.41, 5.74) is 13.9. The molecule has 11 aromatic rings. The normalized spacial score (nSPS) is 11.4. The van der Waals surface area contributed by atoms with E-state index in [-0.39, 0.29) is 0 Å². The molecule has 0 atom stereocenters. The summed E-state index contributed by atoms with van der Waals surface area (Å²) in [6.45, 7) is 0. The largest absolute Gasteiger partial charge is 0.310 e. The molecule has 58 heavy (non-hydrogen) atoms. The first kappa shape index (κ1) is 33.6. The van der Waals surface area contributed by atoms with Crippen LogP contribution in [0.2, 0.25) is 0 Å².